The maximum Gasteiger partial charge on any atom is 0.130 e. The minimum Gasteiger partial charge on any atom is -0.489 e. The highest BCUT2D eigenvalue weighted by Gasteiger charge is 2.28. The Labute approximate surface area is 277 Å². The van der Waals surface area contributed by atoms with Gasteiger partial charge >= 0.3 is 0 Å². The Bertz CT molecular complexity index is 1620. The van der Waals surface area contributed by atoms with Crippen LogP contribution in [0.25, 0.3) is 0 Å². The van der Waals surface area contributed by atoms with Crippen molar-refractivity contribution in [2.24, 2.45) is 0 Å². The third kappa shape index (κ3) is 9.82. The molecule has 0 aromatic heterocycles. The van der Waals surface area contributed by atoms with E-state index in [1.54, 1.807) is 0 Å². The number of carbonyl (C=O) groups is 1. The van der Waals surface area contributed by atoms with Crippen molar-refractivity contribution in [2.75, 3.05) is 0 Å². The topological polar surface area (TPSA) is 59.3 Å². The fraction of sp³-hybridized carbons (Fsp3) is 0.381. The highest BCUT2D eigenvalue weighted by molar-refractivity contribution is 5.69. The van der Waals surface area contributed by atoms with Crippen molar-refractivity contribution in [3.8, 4) is 17.6 Å². The van der Waals surface area contributed by atoms with E-state index >= 15 is 0 Å². The van der Waals surface area contributed by atoms with Crippen molar-refractivity contribution in [1.82, 2.24) is 0 Å². The van der Waals surface area contributed by atoms with Gasteiger partial charge in [0.05, 0.1) is 11.5 Å². The summed E-state index contributed by atoms with van der Waals surface area (Å²) in [6.45, 7) is 21.8. The number of nitrogens with zero attached hydrogens (tertiary/aromatic N) is 1. The van der Waals surface area contributed by atoms with Crippen LogP contribution in [0.4, 0.5) is 0 Å². The van der Waals surface area contributed by atoms with Gasteiger partial charge in [-0.05, 0) is 79.0 Å². The fourth-order valence-corrected chi connectivity index (χ4v) is 4.83. The Morgan fingerprint density at radius 3 is 1.35 bits per heavy atom. The quantitative estimate of drug-likeness (QED) is 0.175. The molecule has 0 aliphatic carbocycles. The predicted octanol–water partition coefficient (Wildman–Crippen LogP) is 10.4. The van der Waals surface area contributed by atoms with Crippen LogP contribution < -0.4 is 9.47 Å². The molecule has 0 N–H and O–H groups in total. The van der Waals surface area contributed by atoms with Gasteiger partial charge in [-0.2, -0.15) is 5.26 Å². The lowest BCUT2D eigenvalue weighted by Gasteiger charge is -2.26. The Balaban J connectivity index is 0.000000250. The van der Waals surface area contributed by atoms with E-state index in [0.29, 0.717) is 13.2 Å². The third-order valence-corrected chi connectivity index (χ3v) is 8.11. The zero-order valence-corrected chi connectivity index (χ0v) is 29.4. The Kier molecular flexibility index (Phi) is 11.6. The van der Waals surface area contributed by atoms with E-state index in [4.69, 9.17) is 9.47 Å². The summed E-state index contributed by atoms with van der Waals surface area (Å²) in [7, 11) is 0. The monoisotopic (exact) mass is 617 g/mol. The molecule has 0 unspecified atom stereocenters. The van der Waals surface area contributed by atoms with Gasteiger partial charge in [0.1, 0.15) is 31.0 Å². The molecule has 0 spiro atoms. The van der Waals surface area contributed by atoms with Gasteiger partial charge in [-0.3, -0.25) is 0 Å². The smallest absolute Gasteiger partial charge is 0.130 e. The average Bonchev–Trinajstić information content (AvgIpc) is 3.03. The summed E-state index contributed by atoms with van der Waals surface area (Å²) in [5.74, 6) is 1.56. The van der Waals surface area contributed by atoms with E-state index < -0.39 is 10.8 Å². The highest BCUT2D eigenvalue weighted by atomic mass is 16.5. The normalized spacial score (nSPS) is 11.9. The number of ether oxygens (including phenoxy) is 2. The molecule has 0 aliphatic heterocycles. The molecule has 4 nitrogen and oxygen atoms in total. The van der Waals surface area contributed by atoms with Crippen LogP contribution in [0.3, 0.4) is 0 Å². The molecule has 0 saturated heterocycles. The summed E-state index contributed by atoms with van der Waals surface area (Å²) in [5, 5.41) is 9.55. The predicted molar refractivity (Wildman–Crippen MR) is 190 cm³/mol. The standard InChI is InChI=1S/C21H25NO.C21H26O2/c2*1-20(2,3)17-11-12-19(18(13-17)21(4,5)15-22)23-14-16-9-7-6-8-10-16/h6-13H,14H2,1-5H3;6-13,15H,14H2,1-5H3. The van der Waals surface area contributed by atoms with Crippen LogP contribution in [0.2, 0.25) is 0 Å². The molecule has 0 fully saturated rings. The molecule has 0 saturated carbocycles. The molecule has 0 aliphatic rings. The van der Waals surface area contributed by atoms with E-state index in [0.717, 1.165) is 40.0 Å². The van der Waals surface area contributed by atoms with Gasteiger partial charge in [0, 0.05) is 16.5 Å². The molecule has 242 valence electrons. The summed E-state index contributed by atoms with van der Waals surface area (Å²) >= 11 is 0. The first kappa shape index (κ1) is 36.1. The van der Waals surface area contributed by atoms with Crippen LogP contribution in [0.5, 0.6) is 11.5 Å². The zero-order chi connectivity index (χ0) is 34.2. The van der Waals surface area contributed by atoms with Gasteiger partial charge in [-0.15, -0.1) is 0 Å². The molecule has 46 heavy (non-hydrogen) atoms. The second-order valence-electron chi connectivity index (χ2n) is 15.0. The minimum atomic E-state index is -0.590. The molecular weight excluding hydrogens is 566 g/mol. The van der Waals surface area contributed by atoms with E-state index in [1.807, 2.05) is 100 Å². The van der Waals surface area contributed by atoms with Crippen LogP contribution in [0, 0.1) is 11.3 Å². The number of hydrogen-bond donors (Lipinski definition) is 0. The maximum absolute atomic E-state index is 11.6. The van der Waals surface area contributed by atoms with Crippen molar-refractivity contribution in [3.63, 3.8) is 0 Å². The molecular formula is C42H51NO3. The second-order valence-corrected chi connectivity index (χ2v) is 15.0. The SMILES string of the molecule is CC(C)(C)c1ccc(OCc2ccccc2)c(C(C)(C)C#N)c1.CC(C)(C)c1ccc(OCc2ccccc2)c(C(C)(C)C=O)c1. The molecule has 0 amide bonds. The lowest BCUT2D eigenvalue weighted by molar-refractivity contribution is -0.111. The summed E-state index contributed by atoms with van der Waals surface area (Å²) in [5.41, 5.74) is 5.44. The Morgan fingerprint density at radius 2 is 0.978 bits per heavy atom. The van der Waals surface area contributed by atoms with E-state index in [1.165, 1.54) is 11.1 Å². The summed E-state index contributed by atoms with van der Waals surface area (Å²) in [6, 6.07) is 34.9. The van der Waals surface area contributed by atoms with Crippen molar-refractivity contribution >= 4 is 6.29 Å². The second kappa shape index (κ2) is 14.8. The van der Waals surface area contributed by atoms with Crippen LogP contribution in [-0.2, 0) is 39.7 Å². The molecule has 0 radical (unpaired) electrons. The van der Waals surface area contributed by atoms with Gasteiger partial charge in [0.25, 0.3) is 0 Å². The van der Waals surface area contributed by atoms with Crippen LogP contribution in [0.15, 0.2) is 97.1 Å². The van der Waals surface area contributed by atoms with Crippen molar-refractivity contribution < 1.29 is 14.3 Å². The lowest BCUT2D eigenvalue weighted by Crippen LogP contribution is -2.22. The first-order valence-electron chi connectivity index (χ1n) is 16.0. The summed E-state index contributed by atoms with van der Waals surface area (Å²) < 4.78 is 12.0. The summed E-state index contributed by atoms with van der Waals surface area (Å²) in [6.07, 6.45) is 0.990. The van der Waals surface area contributed by atoms with Gasteiger partial charge in [-0.1, -0.05) is 120 Å². The van der Waals surface area contributed by atoms with E-state index in [9.17, 15) is 10.1 Å². The Hall–Kier alpha value is -4.36. The van der Waals surface area contributed by atoms with Gasteiger partial charge < -0.3 is 14.3 Å². The fourth-order valence-electron chi connectivity index (χ4n) is 4.83. The highest BCUT2D eigenvalue weighted by Crippen LogP contribution is 2.37. The Morgan fingerprint density at radius 1 is 0.587 bits per heavy atom. The average molecular weight is 618 g/mol. The van der Waals surface area contributed by atoms with E-state index in [2.05, 4.69) is 71.9 Å². The maximum atomic E-state index is 11.6. The van der Waals surface area contributed by atoms with Crippen molar-refractivity contribution in [3.05, 3.63) is 130 Å². The lowest BCUT2D eigenvalue weighted by atomic mass is 9.80. The van der Waals surface area contributed by atoms with Crippen LogP contribution in [0.1, 0.15) is 103 Å². The summed E-state index contributed by atoms with van der Waals surface area (Å²) in [4.78, 5) is 11.6. The molecule has 4 rings (SSSR count). The zero-order valence-electron chi connectivity index (χ0n) is 29.4. The molecule has 0 bridgehead atoms. The molecule has 0 atom stereocenters. The van der Waals surface area contributed by atoms with Crippen molar-refractivity contribution in [2.45, 2.75) is 104 Å². The number of benzene rings is 4. The first-order chi connectivity index (χ1) is 21.5. The van der Waals surface area contributed by atoms with Gasteiger partial charge in [0.15, 0.2) is 0 Å². The third-order valence-electron chi connectivity index (χ3n) is 8.11. The van der Waals surface area contributed by atoms with Crippen molar-refractivity contribution in [1.29, 1.82) is 5.26 Å². The number of rotatable bonds is 9. The van der Waals surface area contributed by atoms with Gasteiger partial charge in [0.2, 0.25) is 0 Å². The largest absolute Gasteiger partial charge is 0.489 e. The molecule has 4 aromatic carbocycles. The number of hydrogen-bond acceptors (Lipinski definition) is 4. The van der Waals surface area contributed by atoms with Crippen LogP contribution >= 0.6 is 0 Å². The molecule has 4 aromatic rings. The molecule has 0 heterocycles. The first-order valence-corrected chi connectivity index (χ1v) is 16.0. The number of nitriles is 1. The van der Waals surface area contributed by atoms with Crippen LogP contribution in [-0.4, -0.2) is 6.29 Å². The minimum absolute atomic E-state index is 0.0334. The van der Waals surface area contributed by atoms with E-state index in [-0.39, 0.29) is 10.8 Å². The van der Waals surface area contributed by atoms with Gasteiger partial charge in [-0.25, -0.2) is 0 Å². The number of carbonyl (C=O) groups excluding carboxylic acids is 1. The molecule has 4 heteroatoms. The number of aldehydes is 1.